The molecule has 0 aromatic carbocycles. The third-order valence-electron chi connectivity index (χ3n) is 3.71. The maximum absolute atomic E-state index is 12.1. The van der Waals surface area contributed by atoms with Crippen LogP contribution in [-0.4, -0.2) is 54.1 Å². The lowest BCUT2D eigenvalue weighted by Crippen LogP contribution is -2.54. The molecule has 1 aliphatic rings. The number of nitrogens with zero attached hydrogens (tertiary/aromatic N) is 3. The van der Waals surface area contributed by atoms with Crippen molar-refractivity contribution in [2.75, 3.05) is 31.1 Å². The Balaban J connectivity index is 1.91. The molecule has 21 heavy (non-hydrogen) atoms. The second-order valence-electron chi connectivity index (χ2n) is 5.67. The molecule has 5 nitrogen and oxygen atoms in total. The number of nitrogens with one attached hydrogen (secondary N) is 1. The Hall–Kier alpha value is -1.14. The highest BCUT2D eigenvalue weighted by molar-refractivity contribution is 9.10. The Labute approximate surface area is 134 Å². The number of pyridine rings is 1. The van der Waals surface area contributed by atoms with E-state index in [-0.39, 0.29) is 18.0 Å². The number of amides is 1. The molecule has 0 saturated carbocycles. The molecule has 6 heteroatoms. The predicted octanol–water partition coefficient (Wildman–Crippen LogP) is 1.88. The van der Waals surface area contributed by atoms with Gasteiger partial charge in [-0.1, -0.05) is 0 Å². The Morgan fingerprint density at radius 2 is 1.95 bits per heavy atom. The first kappa shape index (κ1) is 16.2. The smallest absolute Gasteiger partial charge is 0.237 e. The monoisotopic (exact) mass is 354 g/mol. The van der Waals surface area contributed by atoms with E-state index in [4.69, 9.17) is 0 Å². The van der Waals surface area contributed by atoms with Gasteiger partial charge in [-0.25, -0.2) is 4.98 Å². The van der Waals surface area contributed by atoms with E-state index < -0.39 is 0 Å². The SMILES string of the molecule is CC(C)NC(=O)C(C)N1CCN(c2ncccc2Br)CC1. The summed E-state index contributed by atoms with van der Waals surface area (Å²) in [5.74, 6) is 1.09. The highest BCUT2D eigenvalue weighted by Gasteiger charge is 2.26. The summed E-state index contributed by atoms with van der Waals surface area (Å²) in [5, 5.41) is 2.98. The lowest BCUT2D eigenvalue weighted by atomic mass is 10.2. The lowest BCUT2D eigenvalue weighted by molar-refractivity contribution is -0.126. The third-order valence-corrected chi connectivity index (χ3v) is 4.33. The van der Waals surface area contributed by atoms with Gasteiger partial charge in [-0.05, 0) is 48.8 Å². The van der Waals surface area contributed by atoms with E-state index in [0.717, 1.165) is 36.5 Å². The van der Waals surface area contributed by atoms with E-state index in [0.29, 0.717) is 0 Å². The first-order valence-electron chi connectivity index (χ1n) is 7.39. The minimum absolute atomic E-state index is 0.0817. The minimum atomic E-state index is -0.0817. The fourth-order valence-corrected chi connectivity index (χ4v) is 3.01. The molecule has 0 bridgehead atoms. The second-order valence-corrected chi connectivity index (χ2v) is 6.53. The molecule has 1 aliphatic heterocycles. The van der Waals surface area contributed by atoms with Gasteiger partial charge in [0.1, 0.15) is 5.82 Å². The van der Waals surface area contributed by atoms with Gasteiger partial charge < -0.3 is 10.2 Å². The van der Waals surface area contributed by atoms with Crippen molar-refractivity contribution in [3.8, 4) is 0 Å². The van der Waals surface area contributed by atoms with Crippen molar-refractivity contribution in [2.24, 2.45) is 0 Å². The molecule has 1 atom stereocenters. The number of hydrogen-bond acceptors (Lipinski definition) is 4. The van der Waals surface area contributed by atoms with E-state index >= 15 is 0 Å². The third kappa shape index (κ3) is 4.17. The molecule has 2 heterocycles. The van der Waals surface area contributed by atoms with Gasteiger partial charge in [0, 0.05) is 38.4 Å². The topological polar surface area (TPSA) is 48.5 Å². The van der Waals surface area contributed by atoms with Gasteiger partial charge in [0.15, 0.2) is 0 Å². The molecule has 1 aromatic rings. The summed E-state index contributed by atoms with van der Waals surface area (Å²) in [4.78, 5) is 21.0. The van der Waals surface area contributed by atoms with Gasteiger partial charge in [-0.15, -0.1) is 0 Å². The lowest BCUT2D eigenvalue weighted by Gasteiger charge is -2.38. The number of halogens is 1. The van der Waals surface area contributed by atoms with Crippen LogP contribution in [0.25, 0.3) is 0 Å². The van der Waals surface area contributed by atoms with Crippen LogP contribution in [0.2, 0.25) is 0 Å². The van der Waals surface area contributed by atoms with Crippen molar-refractivity contribution in [1.29, 1.82) is 0 Å². The first-order chi connectivity index (χ1) is 9.99. The number of rotatable bonds is 4. The number of carbonyl (C=O) groups is 1. The molecule has 0 radical (unpaired) electrons. The molecule has 1 aromatic heterocycles. The Morgan fingerprint density at radius 3 is 2.52 bits per heavy atom. The Bertz CT molecular complexity index is 486. The average Bonchev–Trinajstić information content (AvgIpc) is 2.46. The van der Waals surface area contributed by atoms with Crippen LogP contribution in [-0.2, 0) is 4.79 Å². The molecule has 0 spiro atoms. The number of piperazine rings is 1. The zero-order valence-corrected chi connectivity index (χ0v) is 14.4. The molecule has 1 fully saturated rings. The van der Waals surface area contributed by atoms with E-state index in [1.54, 1.807) is 0 Å². The summed E-state index contributed by atoms with van der Waals surface area (Å²) < 4.78 is 1.02. The minimum Gasteiger partial charge on any atom is -0.353 e. The van der Waals surface area contributed by atoms with Gasteiger partial charge in [-0.3, -0.25) is 9.69 Å². The molecule has 0 aliphatic carbocycles. The molecule has 1 unspecified atom stereocenters. The van der Waals surface area contributed by atoms with Crippen molar-refractivity contribution >= 4 is 27.7 Å². The van der Waals surface area contributed by atoms with Crippen molar-refractivity contribution in [1.82, 2.24) is 15.2 Å². The van der Waals surface area contributed by atoms with Crippen LogP contribution in [0, 0.1) is 0 Å². The number of carbonyl (C=O) groups excluding carboxylic acids is 1. The van der Waals surface area contributed by atoms with Crippen LogP contribution in [0.5, 0.6) is 0 Å². The predicted molar refractivity (Wildman–Crippen MR) is 88.5 cm³/mol. The van der Waals surface area contributed by atoms with Crippen molar-refractivity contribution in [3.05, 3.63) is 22.8 Å². The summed E-state index contributed by atoms with van der Waals surface area (Å²) in [7, 11) is 0. The standard InChI is InChI=1S/C15H23BrN4O/c1-11(2)18-15(21)12(3)19-7-9-20(10-8-19)14-13(16)5-4-6-17-14/h4-6,11-12H,7-10H2,1-3H3,(H,18,21). The maximum Gasteiger partial charge on any atom is 0.237 e. The number of anilines is 1. The summed E-state index contributed by atoms with van der Waals surface area (Å²) in [6, 6.07) is 4.03. The van der Waals surface area contributed by atoms with Crippen LogP contribution in [0.15, 0.2) is 22.8 Å². The molecule has 1 amide bonds. The summed E-state index contributed by atoms with van der Waals surface area (Å²) in [5.41, 5.74) is 0. The quantitative estimate of drug-likeness (QED) is 0.896. The van der Waals surface area contributed by atoms with Crippen LogP contribution < -0.4 is 10.2 Å². The molecule has 1 N–H and O–H groups in total. The van der Waals surface area contributed by atoms with Gasteiger partial charge in [0.2, 0.25) is 5.91 Å². The van der Waals surface area contributed by atoms with Crippen molar-refractivity contribution in [3.63, 3.8) is 0 Å². The molecular formula is C15H23BrN4O. The molecule has 1 saturated heterocycles. The average molecular weight is 355 g/mol. The van der Waals surface area contributed by atoms with E-state index in [1.807, 2.05) is 39.1 Å². The number of aromatic nitrogens is 1. The Morgan fingerprint density at radius 1 is 1.29 bits per heavy atom. The Kier molecular flexibility index (Phi) is 5.58. The molecule has 2 rings (SSSR count). The van der Waals surface area contributed by atoms with Crippen LogP contribution >= 0.6 is 15.9 Å². The van der Waals surface area contributed by atoms with Gasteiger partial charge in [0.05, 0.1) is 10.5 Å². The van der Waals surface area contributed by atoms with E-state index in [1.165, 1.54) is 0 Å². The maximum atomic E-state index is 12.1. The zero-order valence-electron chi connectivity index (χ0n) is 12.8. The fraction of sp³-hybridized carbons (Fsp3) is 0.600. The van der Waals surface area contributed by atoms with Gasteiger partial charge in [-0.2, -0.15) is 0 Å². The highest BCUT2D eigenvalue weighted by atomic mass is 79.9. The van der Waals surface area contributed by atoms with Crippen molar-refractivity contribution < 1.29 is 4.79 Å². The van der Waals surface area contributed by atoms with Crippen molar-refractivity contribution in [2.45, 2.75) is 32.9 Å². The summed E-state index contributed by atoms with van der Waals surface area (Å²) >= 11 is 3.54. The first-order valence-corrected chi connectivity index (χ1v) is 8.18. The normalized spacial score (nSPS) is 17.9. The largest absolute Gasteiger partial charge is 0.353 e. The van der Waals surface area contributed by atoms with Crippen LogP contribution in [0.3, 0.4) is 0 Å². The van der Waals surface area contributed by atoms with Crippen LogP contribution in [0.1, 0.15) is 20.8 Å². The second kappa shape index (κ2) is 7.22. The zero-order chi connectivity index (χ0) is 15.4. The number of hydrogen-bond donors (Lipinski definition) is 1. The highest BCUT2D eigenvalue weighted by Crippen LogP contribution is 2.24. The summed E-state index contributed by atoms with van der Waals surface area (Å²) in [6.07, 6.45) is 1.81. The molecular weight excluding hydrogens is 332 g/mol. The van der Waals surface area contributed by atoms with Gasteiger partial charge in [0.25, 0.3) is 0 Å². The molecule has 116 valence electrons. The van der Waals surface area contributed by atoms with Gasteiger partial charge >= 0.3 is 0 Å². The van der Waals surface area contributed by atoms with E-state index in [9.17, 15) is 4.79 Å². The fourth-order valence-electron chi connectivity index (χ4n) is 2.50. The summed E-state index contributed by atoms with van der Waals surface area (Å²) in [6.45, 7) is 9.46. The van der Waals surface area contributed by atoms with E-state index in [2.05, 4.69) is 36.0 Å². The van der Waals surface area contributed by atoms with Crippen LogP contribution in [0.4, 0.5) is 5.82 Å².